The number of piperazine rings is 1. The monoisotopic (exact) mass is 223 g/mol. The van der Waals surface area contributed by atoms with Gasteiger partial charge >= 0.3 is 0 Å². The molecule has 1 fully saturated rings. The van der Waals surface area contributed by atoms with Crippen LogP contribution >= 0.6 is 0 Å². The van der Waals surface area contributed by atoms with E-state index >= 15 is 0 Å². The van der Waals surface area contributed by atoms with E-state index < -0.39 is 0 Å². The van der Waals surface area contributed by atoms with Crippen LogP contribution in [-0.2, 0) is 13.6 Å². The van der Waals surface area contributed by atoms with Gasteiger partial charge in [-0.2, -0.15) is 5.10 Å². The average Bonchev–Trinajstić information content (AvgIpc) is 2.67. The van der Waals surface area contributed by atoms with Gasteiger partial charge in [-0.15, -0.1) is 0 Å². The van der Waals surface area contributed by atoms with Crippen molar-refractivity contribution in [3.05, 3.63) is 18.0 Å². The molecule has 1 aliphatic heterocycles. The van der Waals surface area contributed by atoms with Crippen LogP contribution in [0.1, 0.15) is 5.56 Å². The number of hydrogen-bond acceptors (Lipinski definition) is 4. The zero-order valence-electron chi connectivity index (χ0n) is 10.1. The standard InChI is InChI=1S/C11H21N5/c1-14-3-4-16(11(5-12)9-14)8-10-6-13-15(2)7-10/h6-7,11H,3-5,8-9,12H2,1-2H3. The van der Waals surface area contributed by atoms with E-state index in [-0.39, 0.29) is 0 Å². The molecule has 2 heterocycles. The molecular formula is C11H21N5. The third-order valence-corrected chi connectivity index (χ3v) is 3.22. The lowest BCUT2D eigenvalue weighted by atomic mass is 10.1. The minimum Gasteiger partial charge on any atom is -0.329 e. The highest BCUT2D eigenvalue weighted by atomic mass is 15.3. The van der Waals surface area contributed by atoms with Crippen molar-refractivity contribution in [1.82, 2.24) is 19.6 Å². The molecule has 1 aromatic heterocycles. The average molecular weight is 223 g/mol. The third-order valence-electron chi connectivity index (χ3n) is 3.22. The van der Waals surface area contributed by atoms with Crippen molar-refractivity contribution in [2.75, 3.05) is 33.2 Å². The summed E-state index contributed by atoms with van der Waals surface area (Å²) in [5.74, 6) is 0. The molecule has 0 aliphatic carbocycles. The maximum Gasteiger partial charge on any atom is 0.0534 e. The van der Waals surface area contributed by atoms with Crippen molar-refractivity contribution in [2.45, 2.75) is 12.6 Å². The molecule has 2 rings (SSSR count). The van der Waals surface area contributed by atoms with E-state index in [1.54, 1.807) is 0 Å². The first kappa shape index (κ1) is 11.6. The van der Waals surface area contributed by atoms with Crippen molar-refractivity contribution < 1.29 is 0 Å². The van der Waals surface area contributed by atoms with Gasteiger partial charge in [-0.1, -0.05) is 0 Å². The molecule has 5 nitrogen and oxygen atoms in total. The summed E-state index contributed by atoms with van der Waals surface area (Å²) in [7, 11) is 4.11. The number of likely N-dealkylation sites (N-methyl/N-ethyl adjacent to an activating group) is 1. The van der Waals surface area contributed by atoms with Gasteiger partial charge in [0.25, 0.3) is 0 Å². The van der Waals surface area contributed by atoms with Crippen LogP contribution in [0, 0.1) is 0 Å². The van der Waals surface area contributed by atoms with Crippen LogP contribution in [0.4, 0.5) is 0 Å². The van der Waals surface area contributed by atoms with Crippen molar-refractivity contribution in [2.24, 2.45) is 12.8 Å². The van der Waals surface area contributed by atoms with Crippen LogP contribution in [0.2, 0.25) is 0 Å². The van der Waals surface area contributed by atoms with Gasteiger partial charge in [0, 0.05) is 57.6 Å². The summed E-state index contributed by atoms with van der Waals surface area (Å²) in [5, 5.41) is 4.20. The normalized spacial score (nSPS) is 23.8. The maximum absolute atomic E-state index is 5.83. The van der Waals surface area contributed by atoms with E-state index in [9.17, 15) is 0 Å². The Labute approximate surface area is 96.8 Å². The van der Waals surface area contributed by atoms with Crippen molar-refractivity contribution in [1.29, 1.82) is 0 Å². The Morgan fingerprint density at radius 1 is 1.44 bits per heavy atom. The summed E-state index contributed by atoms with van der Waals surface area (Å²) in [6, 6.07) is 0.471. The molecule has 2 N–H and O–H groups in total. The van der Waals surface area contributed by atoms with Crippen molar-refractivity contribution in [3.8, 4) is 0 Å². The van der Waals surface area contributed by atoms with Crippen LogP contribution in [0.5, 0.6) is 0 Å². The van der Waals surface area contributed by atoms with Crippen LogP contribution < -0.4 is 5.73 Å². The predicted octanol–water partition coefficient (Wildman–Crippen LogP) is -0.505. The molecule has 1 aromatic rings. The highest BCUT2D eigenvalue weighted by molar-refractivity contribution is 5.04. The summed E-state index contributed by atoms with van der Waals surface area (Å²) < 4.78 is 1.85. The lowest BCUT2D eigenvalue weighted by molar-refractivity contribution is 0.0881. The lowest BCUT2D eigenvalue weighted by Crippen LogP contribution is -2.54. The quantitative estimate of drug-likeness (QED) is 0.750. The Bertz CT molecular complexity index is 335. The fraction of sp³-hybridized carbons (Fsp3) is 0.727. The molecule has 1 aliphatic rings. The Hall–Kier alpha value is -0.910. The molecule has 0 radical (unpaired) electrons. The molecule has 1 atom stereocenters. The van der Waals surface area contributed by atoms with Gasteiger partial charge in [0.15, 0.2) is 0 Å². The van der Waals surface area contributed by atoms with E-state index in [4.69, 9.17) is 5.73 Å². The third kappa shape index (κ3) is 2.61. The SMILES string of the molecule is CN1CCN(Cc2cnn(C)c2)C(CN)C1. The van der Waals surface area contributed by atoms with E-state index in [0.717, 1.165) is 32.7 Å². The van der Waals surface area contributed by atoms with E-state index in [1.165, 1.54) is 5.56 Å². The molecular weight excluding hydrogens is 202 g/mol. The smallest absolute Gasteiger partial charge is 0.0534 e. The molecule has 0 bridgehead atoms. The minimum atomic E-state index is 0.471. The molecule has 0 saturated carbocycles. The molecule has 0 aromatic carbocycles. The first-order valence-electron chi connectivity index (χ1n) is 5.79. The van der Waals surface area contributed by atoms with Gasteiger partial charge in [0.1, 0.15) is 0 Å². The van der Waals surface area contributed by atoms with Crippen LogP contribution in [0.25, 0.3) is 0 Å². The molecule has 1 unspecified atom stereocenters. The topological polar surface area (TPSA) is 50.3 Å². The molecule has 5 heteroatoms. The first-order chi connectivity index (χ1) is 7.69. The van der Waals surface area contributed by atoms with E-state index in [1.807, 2.05) is 17.9 Å². The number of rotatable bonds is 3. The van der Waals surface area contributed by atoms with Gasteiger partial charge in [-0.25, -0.2) is 0 Å². The fourth-order valence-corrected chi connectivity index (χ4v) is 2.27. The predicted molar refractivity (Wildman–Crippen MR) is 64.0 cm³/mol. The molecule has 90 valence electrons. The van der Waals surface area contributed by atoms with Gasteiger partial charge in [0.05, 0.1) is 6.20 Å². The summed E-state index contributed by atoms with van der Waals surface area (Å²) in [6.45, 7) is 4.97. The largest absolute Gasteiger partial charge is 0.329 e. The molecule has 1 saturated heterocycles. The number of nitrogens with two attached hydrogens (primary N) is 1. The van der Waals surface area contributed by atoms with Gasteiger partial charge in [-0.3, -0.25) is 9.58 Å². The fourth-order valence-electron chi connectivity index (χ4n) is 2.27. The first-order valence-corrected chi connectivity index (χ1v) is 5.79. The Morgan fingerprint density at radius 3 is 2.88 bits per heavy atom. The second-order valence-corrected chi connectivity index (χ2v) is 4.64. The highest BCUT2D eigenvalue weighted by Gasteiger charge is 2.24. The minimum absolute atomic E-state index is 0.471. The summed E-state index contributed by atoms with van der Waals surface area (Å²) in [6.07, 6.45) is 4.01. The summed E-state index contributed by atoms with van der Waals surface area (Å²) in [5.41, 5.74) is 7.09. The zero-order valence-corrected chi connectivity index (χ0v) is 10.1. The second kappa shape index (κ2) is 4.95. The zero-order chi connectivity index (χ0) is 11.5. The second-order valence-electron chi connectivity index (χ2n) is 4.64. The number of aromatic nitrogens is 2. The Balaban J connectivity index is 1.97. The summed E-state index contributed by atoms with van der Waals surface area (Å²) in [4.78, 5) is 4.80. The van der Waals surface area contributed by atoms with E-state index in [0.29, 0.717) is 6.04 Å². The molecule has 16 heavy (non-hydrogen) atoms. The Kier molecular flexibility index (Phi) is 3.58. The molecule has 0 amide bonds. The summed E-state index contributed by atoms with van der Waals surface area (Å²) >= 11 is 0. The number of hydrogen-bond donors (Lipinski definition) is 1. The number of nitrogens with zero attached hydrogens (tertiary/aromatic N) is 4. The van der Waals surface area contributed by atoms with Gasteiger partial charge in [-0.05, 0) is 7.05 Å². The van der Waals surface area contributed by atoms with Crippen LogP contribution in [0.3, 0.4) is 0 Å². The van der Waals surface area contributed by atoms with Crippen LogP contribution in [-0.4, -0.2) is 58.8 Å². The number of aryl methyl sites for hydroxylation is 1. The molecule has 0 spiro atoms. The maximum atomic E-state index is 5.83. The van der Waals surface area contributed by atoms with Crippen molar-refractivity contribution >= 4 is 0 Å². The van der Waals surface area contributed by atoms with Crippen LogP contribution in [0.15, 0.2) is 12.4 Å². The Morgan fingerprint density at radius 2 is 2.25 bits per heavy atom. The van der Waals surface area contributed by atoms with Crippen molar-refractivity contribution in [3.63, 3.8) is 0 Å². The van der Waals surface area contributed by atoms with Gasteiger partial charge < -0.3 is 10.6 Å². The van der Waals surface area contributed by atoms with Gasteiger partial charge in [0.2, 0.25) is 0 Å². The highest BCUT2D eigenvalue weighted by Crippen LogP contribution is 2.11. The van der Waals surface area contributed by atoms with E-state index in [2.05, 4.69) is 28.1 Å². The lowest BCUT2D eigenvalue weighted by Gasteiger charge is -2.39.